The number of rotatable bonds is 7. The normalized spacial score (nSPS) is 16.5. The smallest absolute Gasteiger partial charge is 0.225 e. The summed E-state index contributed by atoms with van der Waals surface area (Å²) in [6.45, 7) is 1.50. The second-order valence-electron chi connectivity index (χ2n) is 6.56. The van der Waals surface area contributed by atoms with Gasteiger partial charge in [-0.3, -0.25) is 4.79 Å². The molecule has 0 aliphatic heterocycles. The molecule has 0 saturated heterocycles. The molecule has 1 amide bonds. The number of hydrogen-bond acceptors (Lipinski definition) is 6. The molecule has 0 atom stereocenters. The van der Waals surface area contributed by atoms with Gasteiger partial charge < -0.3 is 20.3 Å². The van der Waals surface area contributed by atoms with Gasteiger partial charge in [-0.05, 0) is 42.9 Å². The van der Waals surface area contributed by atoms with Crippen LogP contribution in [0.1, 0.15) is 45.4 Å². The maximum atomic E-state index is 12.4. The van der Waals surface area contributed by atoms with Crippen molar-refractivity contribution in [1.29, 1.82) is 0 Å². The third kappa shape index (κ3) is 4.72. The van der Waals surface area contributed by atoms with Crippen molar-refractivity contribution in [3.8, 4) is 5.75 Å². The number of carbonyl (C=O) groups is 2. The SMILES string of the molecule is CCS(=O)(=O)c1ccc(O)c(NC(=O)CC2(CC(=O)[O-])CCCC2)c1. The molecule has 2 rings (SSSR count). The predicted octanol–water partition coefficient (Wildman–Crippen LogP) is 1.21. The van der Waals surface area contributed by atoms with Crippen LogP contribution in [0.5, 0.6) is 5.75 Å². The van der Waals surface area contributed by atoms with E-state index < -0.39 is 27.1 Å². The third-order valence-corrected chi connectivity index (χ3v) is 6.43. The van der Waals surface area contributed by atoms with Crippen LogP contribution in [0.25, 0.3) is 0 Å². The first kappa shape index (κ1) is 19.2. The molecule has 25 heavy (non-hydrogen) atoms. The van der Waals surface area contributed by atoms with Crippen LogP contribution >= 0.6 is 0 Å². The molecule has 0 bridgehead atoms. The van der Waals surface area contributed by atoms with E-state index in [9.17, 15) is 28.2 Å². The molecule has 0 aromatic heterocycles. The minimum absolute atomic E-state index is 0.00104. The zero-order valence-electron chi connectivity index (χ0n) is 14.1. The second kappa shape index (κ2) is 7.43. The lowest BCUT2D eigenvalue weighted by atomic mass is 9.79. The fourth-order valence-corrected chi connectivity index (χ4v) is 4.26. The number of carboxylic acid groups (broad SMARTS) is 1. The summed E-state index contributed by atoms with van der Waals surface area (Å²) in [6.07, 6.45) is 2.78. The number of aromatic hydroxyl groups is 1. The summed E-state index contributed by atoms with van der Waals surface area (Å²) in [5.41, 5.74) is -0.632. The van der Waals surface area contributed by atoms with Crippen molar-refractivity contribution < 1.29 is 28.2 Å². The number of sulfone groups is 1. The van der Waals surface area contributed by atoms with Crippen LogP contribution in [0, 0.1) is 5.41 Å². The van der Waals surface area contributed by atoms with Gasteiger partial charge >= 0.3 is 0 Å². The Morgan fingerprint density at radius 2 is 1.88 bits per heavy atom. The number of nitrogens with one attached hydrogen (secondary N) is 1. The van der Waals surface area contributed by atoms with Gasteiger partial charge in [0.2, 0.25) is 5.91 Å². The van der Waals surface area contributed by atoms with Crippen molar-refractivity contribution in [3.05, 3.63) is 18.2 Å². The van der Waals surface area contributed by atoms with E-state index in [1.807, 2.05) is 0 Å². The lowest BCUT2D eigenvalue weighted by Gasteiger charge is -2.28. The minimum Gasteiger partial charge on any atom is -0.550 e. The van der Waals surface area contributed by atoms with E-state index in [0.29, 0.717) is 12.8 Å². The summed E-state index contributed by atoms with van der Waals surface area (Å²) >= 11 is 0. The highest BCUT2D eigenvalue weighted by Gasteiger charge is 2.36. The molecule has 1 aliphatic rings. The zero-order chi connectivity index (χ0) is 18.7. The summed E-state index contributed by atoms with van der Waals surface area (Å²) < 4.78 is 23.9. The fourth-order valence-electron chi connectivity index (χ4n) is 3.36. The van der Waals surface area contributed by atoms with Crippen LogP contribution in [-0.2, 0) is 19.4 Å². The highest BCUT2D eigenvalue weighted by atomic mass is 32.2. The summed E-state index contributed by atoms with van der Waals surface area (Å²) in [4.78, 5) is 23.4. The van der Waals surface area contributed by atoms with Crippen LogP contribution < -0.4 is 10.4 Å². The van der Waals surface area contributed by atoms with Crippen molar-refractivity contribution in [2.75, 3.05) is 11.1 Å². The summed E-state index contributed by atoms with van der Waals surface area (Å²) in [6, 6.07) is 3.70. The van der Waals surface area contributed by atoms with Gasteiger partial charge in [-0.1, -0.05) is 19.8 Å². The van der Waals surface area contributed by atoms with Crippen LogP contribution in [0.3, 0.4) is 0 Å². The van der Waals surface area contributed by atoms with E-state index in [1.165, 1.54) is 25.1 Å². The zero-order valence-corrected chi connectivity index (χ0v) is 14.9. The largest absolute Gasteiger partial charge is 0.550 e. The van der Waals surface area contributed by atoms with Gasteiger partial charge in [0.25, 0.3) is 0 Å². The first-order chi connectivity index (χ1) is 11.7. The molecular formula is C17H22NO6S-. The minimum atomic E-state index is -3.47. The molecular weight excluding hydrogens is 346 g/mol. The number of carboxylic acids is 1. The van der Waals surface area contributed by atoms with Gasteiger partial charge in [0.1, 0.15) is 5.75 Å². The molecule has 1 aliphatic carbocycles. The van der Waals surface area contributed by atoms with Gasteiger partial charge in [0.05, 0.1) is 16.3 Å². The number of hydrogen-bond donors (Lipinski definition) is 2. The van der Waals surface area contributed by atoms with Gasteiger partial charge in [-0.25, -0.2) is 8.42 Å². The van der Waals surface area contributed by atoms with Crippen molar-refractivity contribution >= 4 is 27.4 Å². The monoisotopic (exact) mass is 368 g/mol. The second-order valence-corrected chi connectivity index (χ2v) is 8.84. The number of amides is 1. The molecule has 1 saturated carbocycles. The maximum Gasteiger partial charge on any atom is 0.225 e. The van der Waals surface area contributed by atoms with E-state index >= 15 is 0 Å². The predicted molar refractivity (Wildman–Crippen MR) is 89.6 cm³/mol. The Morgan fingerprint density at radius 1 is 1.24 bits per heavy atom. The standard InChI is InChI=1S/C17H23NO6S/c1-2-25(23,24)12-5-6-14(19)13(9-12)18-15(20)10-17(11-16(21)22)7-3-4-8-17/h5-6,9,19H,2-4,7-8,10-11H2,1H3,(H,18,20)(H,21,22)/p-1. The number of benzene rings is 1. The highest BCUT2D eigenvalue weighted by molar-refractivity contribution is 7.91. The van der Waals surface area contributed by atoms with Crippen molar-refractivity contribution in [2.24, 2.45) is 5.41 Å². The first-order valence-electron chi connectivity index (χ1n) is 8.23. The van der Waals surface area contributed by atoms with Crippen LogP contribution in [-0.4, -0.2) is 31.2 Å². The quantitative estimate of drug-likeness (QED) is 0.697. The number of anilines is 1. The van der Waals surface area contributed by atoms with Crippen LogP contribution in [0.15, 0.2) is 23.1 Å². The van der Waals surface area contributed by atoms with Gasteiger partial charge in [-0.15, -0.1) is 0 Å². The Labute approximate surface area is 147 Å². The molecule has 0 unspecified atom stereocenters. The highest BCUT2D eigenvalue weighted by Crippen LogP contribution is 2.44. The van der Waals surface area contributed by atoms with Gasteiger partial charge in [0, 0.05) is 12.4 Å². The molecule has 0 spiro atoms. The maximum absolute atomic E-state index is 12.4. The Hall–Kier alpha value is -2.09. The average molecular weight is 368 g/mol. The number of carbonyl (C=O) groups excluding carboxylic acids is 2. The topological polar surface area (TPSA) is 124 Å². The molecule has 1 fully saturated rings. The molecule has 7 nitrogen and oxygen atoms in total. The first-order valence-corrected chi connectivity index (χ1v) is 9.88. The third-order valence-electron chi connectivity index (χ3n) is 4.70. The molecule has 1 aromatic rings. The van der Waals surface area contributed by atoms with Crippen LogP contribution in [0.4, 0.5) is 5.69 Å². The molecule has 0 heterocycles. The van der Waals surface area contributed by atoms with E-state index in [1.54, 1.807) is 0 Å². The van der Waals surface area contributed by atoms with E-state index in [2.05, 4.69) is 5.32 Å². The molecule has 2 N–H and O–H groups in total. The lowest BCUT2D eigenvalue weighted by molar-refractivity contribution is -0.308. The van der Waals surface area contributed by atoms with Crippen molar-refractivity contribution in [2.45, 2.75) is 50.3 Å². The Kier molecular flexibility index (Phi) is 5.72. The molecule has 1 aromatic carbocycles. The Morgan fingerprint density at radius 3 is 2.44 bits per heavy atom. The number of aliphatic carboxylic acids is 1. The average Bonchev–Trinajstić information content (AvgIpc) is 2.96. The molecule has 8 heteroatoms. The van der Waals surface area contributed by atoms with Gasteiger partial charge in [0.15, 0.2) is 9.84 Å². The lowest BCUT2D eigenvalue weighted by Crippen LogP contribution is -2.33. The number of phenolic OH excluding ortho intramolecular Hbond substituents is 1. The van der Waals surface area contributed by atoms with E-state index in [-0.39, 0.29) is 34.9 Å². The number of phenols is 1. The summed E-state index contributed by atoms with van der Waals surface area (Å²) in [5, 5.41) is 23.4. The molecule has 0 radical (unpaired) electrons. The van der Waals surface area contributed by atoms with Crippen LogP contribution in [0.2, 0.25) is 0 Å². The molecule has 138 valence electrons. The van der Waals surface area contributed by atoms with Gasteiger partial charge in [-0.2, -0.15) is 0 Å². The van der Waals surface area contributed by atoms with Crippen molar-refractivity contribution in [3.63, 3.8) is 0 Å². The fraction of sp³-hybridized carbons (Fsp3) is 0.529. The van der Waals surface area contributed by atoms with E-state index in [0.717, 1.165) is 12.8 Å². The van der Waals surface area contributed by atoms with Crippen molar-refractivity contribution in [1.82, 2.24) is 0 Å². The Bertz CT molecular complexity index is 765. The van der Waals surface area contributed by atoms with E-state index in [4.69, 9.17) is 0 Å². The Balaban J connectivity index is 2.17. The summed E-state index contributed by atoms with van der Waals surface area (Å²) in [7, 11) is -3.47. The summed E-state index contributed by atoms with van der Waals surface area (Å²) in [5.74, 6) is -1.98.